The third kappa shape index (κ3) is 5.68. The molecule has 1 radical (unpaired) electrons. The van der Waals surface area contributed by atoms with Crippen LogP contribution in [0.2, 0.25) is 0 Å². The Morgan fingerprint density at radius 2 is 1.24 bits per heavy atom. The standard InChI is InChI=1S/C27H18NO.C14H14N.Ir/c1-16-14-24(28-15-17(16)2)23-9-5-8-21-22-13-12-19-11-10-18-6-3-4-7-20(18)25(19)27(22)29-26(21)23;1-10-4-6-13(7-5-10)14-8-11(2)12(3)9-15-14;/h3-8,10-15H,1-2H3;4-6,8-9H,1-3H3;/q2*-1;. The Balaban J connectivity index is 0.000000190. The van der Waals surface area contributed by atoms with Crippen molar-refractivity contribution in [3.8, 4) is 22.5 Å². The van der Waals surface area contributed by atoms with Gasteiger partial charge < -0.3 is 14.4 Å². The molecule has 45 heavy (non-hydrogen) atoms. The van der Waals surface area contributed by atoms with Gasteiger partial charge in [0, 0.05) is 43.3 Å². The number of benzene rings is 5. The van der Waals surface area contributed by atoms with Crippen molar-refractivity contribution in [2.75, 3.05) is 0 Å². The molecule has 0 saturated heterocycles. The van der Waals surface area contributed by atoms with E-state index in [1.54, 1.807) is 0 Å². The molecule has 3 heterocycles. The number of fused-ring (bicyclic) bond motifs is 7. The van der Waals surface area contributed by atoms with Crippen LogP contribution in [0, 0.1) is 46.8 Å². The summed E-state index contributed by atoms with van der Waals surface area (Å²) in [6.07, 6.45) is 3.83. The molecule has 3 aromatic heterocycles. The summed E-state index contributed by atoms with van der Waals surface area (Å²) in [5.41, 5.74) is 11.8. The van der Waals surface area contributed by atoms with Crippen LogP contribution in [0.5, 0.6) is 0 Å². The van der Waals surface area contributed by atoms with Crippen molar-refractivity contribution in [1.82, 2.24) is 9.97 Å². The number of furan rings is 1. The van der Waals surface area contributed by atoms with Crippen LogP contribution >= 0.6 is 0 Å². The number of pyridine rings is 2. The van der Waals surface area contributed by atoms with E-state index in [0.29, 0.717) is 0 Å². The first-order valence-electron chi connectivity index (χ1n) is 14.9. The molecule has 0 N–H and O–H groups in total. The second-order valence-corrected chi connectivity index (χ2v) is 11.6. The van der Waals surface area contributed by atoms with Crippen LogP contribution < -0.4 is 0 Å². The average molecular weight is 761 g/mol. The first-order valence-corrected chi connectivity index (χ1v) is 14.9. The molecule has 0 saturated carbocycles. The van der Waals surface area contributed by atoms with Crippen molar-refractivity contribution in [2.24, 2.45) is 0 Å². The molecule has 4 heteroatoms. The monoisotopic (exact) mass is 761 g/mol. The average Bonchev–Trinajstić information content (AvgIpc) is 3.43. The van der Waals surface area contributed by atoms with Crippen LogP contribution in [0.15, 0.2) is 108 Å². The molecular weight excluding hydrogens is 729 g/mol. The molecule has 0 aliphatic carbocycles. The van der Waals surface area contributed by atoms with Crippen molar-refractivity contribution in [3.63, 3.8) is 0 Å². The van der Waals surface area contributed by atoms with Crippen LogP contribution in [0.3, 0.4) is 0 Å². The second-order valence-electron chi connectivity index (χ2n) is 11.6. The maximum absolute atomic E-state index is 6.56. The van der Waals surface area contributed by atoms with Gasteiger partial charge in [-0.25, -0.2) is 0 Å². The molecule has 0 aliphatic rings. The van der Waals surface area contributed by atoms with Crippen LogP contribution in [-0.4, -0.2) is 9.97 Å². The zero-order valence-electron chi connectivity index (χ0n) is 26.0. The quantitative estimate of drug-likeness (QED) is 0.130. The normalized spacial score (nSPS) is 11.0. The first-order chi connectivity index (χ1) is 21.4. The number of aromatic nitrogens is 2. The first kappa shape index (κ1) is 30.4. The van der Waals surface area contributed by atoms with Crippen LogP contribution in [0.4, 0.5) is 0 Å². The Morgan fingerprint density at radius 1 is 0.578 bits per heavy atom. The fourth-order valence-electron chi connectivity index (χ4n) is 5.67. The van der Waals surface area contributed by atoms with Gasteiger partial charge in [-0.05, 0) is 66.4 Å². The van der Waals surface area contributed by atoms with Gasteiger partial charge in [-0.3, -0.25) is 0 Å². The molecule has 8 aromatic rings. The van der Waals surface area contributed by atoms with Gasteiger partial charge in [0.1, 0.15) is 5.58 Å². The van der Waals surface area contributed by atoms with E-state index in [1.807, 2.05) is 24.5 Å². The van der Waals surface area contributed by atoms with Gasteiger partial charge in [-0.2, -0.15) is 0 Å². The van der Waals surface area contributed by atoms with E-state index in [0.717, 1.165) is 49.8 Å². The minimum atomic E-state index is 0. The summed E-state index contributed by atoms with van der Waals surface area (Å²) in [6.45, 7) is 10.4. The molecule has 5 aromatic carbocycles. The maximum atomic E-state index is 6.56. The predicted octanol–water partition coefficient (Wildman–Crippen LogP) is 10.8. The Kier molecular flexibility index (Phi) is 8.38. The number of rotatable bonds is 2. The Hall–Kier alpha value is -4.63. The summed E-state index contributed by atoms with van der Waals surface area (Å²) in [6, 6.07) is 38.2. The predicted molar refractivity (Wildman–Crippen MR) is 183 cm³/mol. The molecular formula is C41H32IrN2O-2. The summed E-state index contributed by atoms with van der Waals surface area (Å²) < 4.78 is 6.56. The largest absolute Gasteiger partial charge is 0.500 e. The topological polar surface area (TPSA) is 38.9 Å². The van der Waals surface area contributed by atoms with Crippen LogP contribution in [0.1, 0.15) is 27.8 Å². The molecule has 0 spiro atoms. The molecule has 3 nitrogen and oxygen atoms in total. The number of nitrogens with zero attached hydrogens (tertiary/aromatic N) is 2. The number of hydrogen-bond donors (Lipinski definition) is 0. The molecule has 0 atom stereocenters. The third-order valence-electron chi connectivity index (χ3n) is 8.55. The van der Waals surface area contributed by atoms with Gasteiger partial charge in [-0.15, -0.1) is 53.6 Å². The van der Waals surface area contributed by atoms with Crippen molar-refractivity contribution in [1.29, 1.82) is 0 Å². The van der Waals surface area contributed by atoms with E-state index in [-0.39, 0.29) is 20.1 Å². The molecule has 0 fully saturated rings. The maximum Gasteiger partial charge on any atom is 0.129 e. The van der Waals surface area contributed by atoms with Gasteiger partial charge in [0.25, 0.3) is 0 Å². The third-order valence-corrected chi connectivity index (χ3v) is 8.55. The Bertz CT molecular complexity index is 2330. The fourth-order valence-corrected chi connectivity index (χ4v) is 5.67. The summed E-state index contributed by atoms with van der Waals surface area (Å²) in [7, 11) is 0. The minimum Gasteiger partial charge on any atom is -0.500 e. The molecule has 0 aliphatic heterocycles. The summed E-state index contributed by atoms with van der Waals surface area (Å²) in [5.74, 6) is 0. The van der Waals surface area contributed by atoms with E-state index < -0.39 is 0 Å². The summed E-state index contributed by atoms with van der Waals surface area (Å²) in [5, 5.41) is 7.01. The van der Waals surface area contributed by atoms with Crippen molar-refractivity contribution < 1.29 is 24.5 Å². The van der Waals surface area contributed by atoms with E-state index in [9.17, 15) is 0 Å². The van der Waals surface area contributed by atoms with E-state index >= 15 is 0 Å². The van der Waals surface area contributed by atoms with Crippen LogP contribution in [0.25, 0.3) is 66.0 Å². The molecule has 0 amide bonds. The molecule has 0 bridgehead atoms. The fraction of sp³-hybridized carbons (Fsp3) is 0.122. The molecule has 8 rings (SSSR count). The van der Waals surface area contributed by atoms with Crippen molar-refractivity contribution >= 4 is 43.5 Å². The van der Waals surface area contributed by atoms with Gasteiger partial charge >= 0.3 is 0 Å². The number of aryl methyl sites for hydroxylation is 5. The zero-order chi connectivity index (χ0) is 30.4. The summed E-state index contributed by atoms with van der Waals surface area (Å²) in [4.78, 5) is 9.06. The number of hydrogen-bond acceptors (Lipinski definition) is 3. The smallest absolute Gasteiger partial charge is 0.129 e. The van der Waals surface area contributed by atoms with E-state index in [2.05, 4.69) is 136 Å². The second kappa shape index (κ2) is 12.4. The van der Waals surface area contributed by atoms with Gasteiger partial charge in [0.15, 0.2) is 0 Å². The molecule has 0 unspecified atom stereocenters. The van der Waals surface area contributed by atoms with Gasteiger partial charge in [0.05, 0.1) is 5.58 Å². The SMILES string of the molecule is Cc1c[c-]c(-c2cc(C)c(C)cn2)cc1.Cc1cnc(-c2[c-]ccc3c2oc2c3ccc3ccc4ccccc4c32)cc1C.[Ir]. The van der Waals surface area contributed by atoms with E-state index in [4.69, 9.17) is 4.42 Å². The molecule has 223 valence electrons. The van der Waals surface area contributed by atoms with E-state index in [1.165, 1.54) is 44.0 Å². The summed E-state index contributed by atoms with van der Waals surface area (Å²) >= 11 is 0. The minimum absolute atomic E-state index is 0. The van der Waals surface area contributed by atoms with Crippen molar-refractivity contribution in [3.05, 3.63) is 143 Å². The van der Waals surface area contributed by atoms with Crippen molar-refractivity contribution in [2.45, 2.75) is 34.6 Å². The Morgan fingerprint density at radius 3 is 1.98 bits per heavy atom. The van der Waals surface area contributed by atoms with Crippen LogP contribution in [-0.2, 0) is 20.1 Å². The Labute approximate surface area is 277 Å². The zero-order valence-corrected chi connectivity index (χ0v) is 28.3. The van der Waals surface area contributed by atoms with Gasteiger partial charge in [0.2, 0.25) is 0 Å². The van der Waals surface area contributed by atoms with Gasteiger partial charge in [-0.1, -0.05) is 89.7 Å².